The van der Waals surface area contributed by atoms with Gasteiger partial charge in [-0.3, -0.25) is 0 Å². The van der Waals surface area contributed by atoms with Crippen LogP contribution in [0.25, 0.3) is 11.0 Å². The Kier molecular flexibility index (Phi) is 4.19. The number of H-pyrrole nitrogens is 1. The lowest BCUT2D eigenvalue weighted by atomic mass is 10.1. The van der Waals surface area contributed by atoms with E-state index >= 15 is 0 Å². The summed E-state index contributed by atoms with van der Waals surface area (Å²) in [5, 5.41) is 37.3. The molecule has 0 aliphatic carbocycles. The molecule has 21 heavy (non-hydrogen) atoms. The second-order valence-electron chi connectivity index (χ2n) is 4.54. The summed E-state index contributed by atoms with van der Waals surface area (Å²) in [4.78, 5) is 6.32. The van der Waals surface area contributed by atoms with E-state index in [1.165, 1.54) is 0 Å². The average molecular weight is 306 g/mol. The van der Waals surface area contributed by atoms with E-state index in [1.54, 1.807) is 0 Å². The number of aromatic amines is 1. The lowest BCUT2D eigenvalue weighted by Crippen LogP contribution is -2.35. The van der Waals surface area contributed by atoms with Gasteiger partial charge < -0.3 is 25.4 Å². The highest BCUT2D eigenvalue weighted by molar-refractivity contribution is 5.76. The minimum Gasteiger partial charge on any atom is -0.394 e. The maximum atomic E-state index is 12.6. The first-order valence-electron chi connectivity index (χ1n) is 5.96. The number of hydrogen-bond donors (Lipinski definition) is 5. The number of halogens is 3. The molecule has 5 N–H and O–H groups in total. The van der Waals surface area contributed by atoms with E-state index in [2.05, 4.69) is 9.97 Å². The van der Waals surface area contributed by atoms with Crippen LogP contribution in [0.3, 0.4) is 0 Å². The zero-order valence-corrected chi connectivity index (χ0v) is 10.5. The number of aliphatic hydroxyl groups excluding tert-OH is 4. The quantitative estimate of drug-likeness (QED) is 0.559. The predicted molar refractivity (Wildman–Crippen MR) is 65.2 cm³/mol. The molecule has 0 saturated carbocycles. The van der Waals surface area contributed by atoms with Gasteiger partial charge in [0.2, 0.25) is 0 Å². The van der Waals surface area contributed by atoms with Crippen molar-refractivity contribution >= 4 is 11.0 Å². The van der Waals surface area contributed by atoms with E-state index in [0.717, 1.165) is 18.2 Å². The Bertz CT molecular complexity index is 628. The Morgan fingerprint density at radius 3 is 2.43 bits per heavy atom. The van der Waals surface area contributed by atoms with Gasteiger partial charge in [-0.25, -0.2) is 4.98 Å². The van der Waals surface area contributed by atoms with Crippen molar-refractivity contribution in [3.8, 4) is 0 Å². The van der Waals surface area contributed by atoms with Gasteiger partial charge in [0.1, 0.15) is 24.1 Å². The van der Waals surface area contributed by atoms with Crippen LogP contribution in [0, 0.1) is 0 Å². The SMILES string of the molecule is OC[C@@H](O)C(O)C(O)c1nc2cc(C(F)(F)F)ccc2[nH]1. The summed E-state index contributed by atoms with van der Waals surface area (Å²) in [6.07, 6.45) is -9.51. The third-order valence-electron chi connectivity index (χ3n) is 3.01. The van der Waals surface area contributed by atoms with Gasteiger partial charge in [0, 0.05) is 0 Å². The highest BCUT2D eigenvalue weighted by Crippen LogP contribution is 2.31. The zero-order chi connectivity index (χ0) is 15.8. The molecule has 0 saturated heterocycles. The summed E-state index contributed by atoms with van der Waals surface area (Å²) in [6.45, 7) is -0.781. The van der Waals surface area contributed by atoms with Gasteiger partial charge in [0.25, 0.3) is 0 Å². The van der Waals surface area contributed by atoms with Crippen molar-refractivity contribution in [2.24, 2.45) is 0 Å². The van der Waals surface area contributed by atoms with E-state index in [-0.39, 0.29) is 16.9 Å². The smallest absolute Gasteiger partial charge is 0.394 e. The van der Waals surface area contributed by atoms with Crippen LogP contribution in [0.5, 0.6) is 0 Å². The molecule has 6 nitrogen and oxygen atoms in total. The zero-order valence-electron chi connectivity index (χ0n) is 10.5. The van der Waals surface area contributed by atoms with Crippen molar-refractivity contribution < 1.29 is 33.6 Å². The average Bonchev–Trinajstić information content (AvgIpc) is 2.86. The van der Waals surface area contributed by atoms with Crippen molar-refractivity contribution in [2.45, 2.75) is 24.5 Å². The third kappa shape index (κ3) is 3.16. The summed E-state index contributed by atoms with van der Waals surface area (Å²) in [5.74, 6) is -0.204. The minimum atomic E-state index is -4.52. The molecule has 1 heterocycles. The molecule has 0 spiro atoms. The van der Waals surface area contributed by atoms with Gasteiger partial charge in [-0.15, -0.1) is 0 Å². The lowest BCUT2D eigenvalue weighted by Gasteiger charge is -2.19. The van der Waals surface area contributed by atoms with Crippen LogP contribution in [0.1, 0.15) is 17.5 Å². The van der Waals surface area contributed by atoms with Gasteiger partial charge in [-0.1, -0.05) is 0 Å². The van der Waals surface area contributed by atoms with E-state index in [1.807, 2.05) is 0 Å². The second-order valence-corrected chi connectivity index (χ2v) is 4.54. The fourth-order valence-electron chi connectivity index (χ4n) is 1.82. The maximum absolute atomic E-state index is 12.6. The van der Waals surface area contributed by atoms with Crippen LogP contribution in [0.15, 0.2) is 18.2 Å². The van der Waals surface area contributed by atoms with Gasteiger partial charge in [0.05, 0.1) is 23.2 Å². The van der Waals surface area contributed by atoms with E-state index in [0.29, 0.717) is 0 Å². The predicted octanol–water partition coefficient (Wildman–Crippen LogP) is 0.329. The molecule has 0 aliphatic rings. The summed E-state index contributed by atoms with van der Waals surface area (Å²) < 4.78 is 37.7. The van der Waals surface area contributed by atoms with Crippen molar-refractivity contribution in [3.05, 3.63) is 29.6 Å². The number of aliphatic hydroxyl groups is 4. The van der Waals surface area contributed by atoms with Crippen LogP contribution in [0.2, 0.25) is 0 Å². The molecule has 0 bridgehead atoms. The number of rotatable bonds is 4. The Morgan fingerprint density at radius 2 is 1.86 bits per heavy atom. The molecule has 0 aliphatic heterocycles. The molecule has 0 radical (unpaired) electrons. The number of nitrogens with one attached hydrogen (secondary N) is 1. The largest absolute Gasteiger partial charge is 0.416 e. The Labute approximate surface area is 116 Å². The van der Waals surface area contributed by atoms with Crippen molar-refractivity contribution in [1.29, 1.82) is 0 Å². The van der Waals surface area contributed by atoms with Crippen LogP contribution in [-0.2, 0) is 6.18 Å². The topological polar surface area (TPSA) is 110 Å². The lowest BCUT2D eigenvalue weighted by molar-refractivity contribution is -0.137. The summed E-state index contributed by atoms with van der Waals surface area (Å²) in [5.41, 5.74) is -0.689. The number of hydrogen-bond acceptors (Lipinski definition) is 5. The first-order valence-corrected chi connectivity index (χ1v) is 5.96. The van der Waals surface area contributed by atoms with E-state index < -0.39 is 36.7 Å². The van der Waals surface area contributed by atoms with Crippen LogP contribution in [-0.4, -0.2) is 49.2 Å². The molecule has 2 aromatic rings. The molecule has 0 fully saturated rings. The number of alkyl halides is 3. The molecule has 1 aromatic heterocycles. The first-order chi connectivity index (χ1) is 9.74. The highest BCUT2D eigenvalue weighted by Gasteiger charge is 2.32. The van der Waals surface area contributed by atoms with Gasteiger partial charge >= 0.3 is 6.18 Å². The van der Waals surface area contributed by atoms with Crippen molar-refractivity contribution in [3.63, 3.8) is 0 Å². The summed E-state index contributed by atoms with van der Waals surface area (Å²) in [6, 6.07) is 2.81. The fraction of sp³-hybridized carbons (Fsp3) is 0.417. The first kappa shape index (κ1) is 15.7. The van der Waals surface area contributed by atoms with Crippen molar-refractivity contribution in [2.75, 3.05) is 6.61 Å². The Balaban J connectivity index is 2.35. The fourth-order valence-corrected chi connectivity index (χ4v) is 1.82. The van der Waals surface area contributed by atoms with Gasteiger partial charge in [-0.05, 0) is 18.2 Å². The molecule has 2 unspecified atom stereocenters. The summed E-state index contributed by atoms with van der Waals surface area (Å²) in [7, 11) is 0. The number of benzene rings is 1. The normalized spacial score (nSPS) is 16.9. The molecular weight excluding hydrogens is 293 g/mol. The number of fused-ring (bicyclic) bond motifs is 1. The molecule has 3 atom stereocenters. The minimum absolute atomic E-state index is 0.0374. The Morgan fingerprint density at radius 1 is 1.19 bits per heavy atom. The number of imidazole rings is 1. The van der Waals surface area contributed by atoms with Gasteiger partial charge in [0.15, 0.2) is 0 Å². The second kappa shape index (κ2) is 5.60. The molecule has 116 valence electrons. The molecule has 9 heteroatoms. The highest BCUT2D eigenvalue weighted by atomic mass is 19.4. The summed E-state index contributed by atoms with van der Waals surface area (Å²) >= 11 is 0. The van der Waals surface area contributed by atoms with E-state index in [4.69, 9.17) is 5.11 Å². The molecule has 0 amide bonds. The molecular formula is C12H13F3N2O4. The third-order valence-corrected chi connectivity index (χ3v) is 3.01. The monoisotopic (exact) mass is 306 g/mol. The van der Waals surface area contributed by atoms with Crippen LogP contribution in [0.4, 0.5) is 13.2 Å². The standard InChI is InChI=1S/C12H13F3N2O4/c13-12(14,15)5-1-2-6-7(3-5)17-11(16-6)10(21)9(20)8(19)4-18/h1-3,8-10,18-21H,4H2,(H,16,17)/t8-,9?,10?/m1/s1. The molecule has 1 aromatic carbocycles. The van der Waals surface area contributed by atoms with E-state index in [9.17, 15) is 28.5 Å². The van der Waals surface area contributed by atoms with Crippen LogP contribution < -0.4 is 0 Å². The molecule has 2 rings (SSSR count). The van der Waals surface area contributed by atoms with Crippen molar-refractivity contribution in [1.82, 2.24) is 9.97 Å². The Hall–Kier alpha value is -1.68. The van der Waals surface area contributed by atoms with Gasteiger partial charge in [-0.2, -0.15) is 13.2 Å². The maximum Gasteiger partial charge on any atom is 0.416 e. The number of nitrogens with zero attached hydrogens (tertiary/aromatic N) is 1. The number of aromatic nitrogens is 2. The van der Waals surface area contributed by atoms with Crippen LogP contribution >= 0.6 is 0 Å².